The lowest BCUT2D eigenvalue weighted by molar-refractivity contribution is 0.414. The molecule has 0 aliphatic carbocycles. The average Bonchev–Trinajstić information content (AvgIpc) is 2.95. The minimum Gasteiger partial charge on any atom is -0.497 e. The lowest BCUT2D eigenvalue weighted by atomic mass is 10.1. The molecular formula is C18H21N3OS. The highest BCUT2D eigenvalue weighted by molar-refractivity contribution is 7.18. The molecule has 0 aliphatic heterocycles. The number of anilines is 1. The summed E-state index contributed by atoms with van der Waals surface area (Å²) in [6.07, 6.45) is 1.79. The summed E-state index contributed by atoms with van der Waals surface area (Å²) in [4.78, 5) is 11.6. The van der Waals surface area contributed by atoms with Gasteiger partial charge >= 0.3 is 0 Å². The van der Waals surface area contributed by atoms with Crippen LogP contribution in [0.25, 0.3) is 10.2 Å². The molecule has 4 nitrogen and oxygen atoms in total. The molecule has 2 aromatic heterocycles. The molecule has 3 rings (SSSR count). The Labute approximate surface area is 140 Å². The average molecular weight is 327 g/mol. The minimum absolute atomic E-state index is 0.844. The molecule has 0 spiro atoms. The highest BCUT2D eigenvalue weighted by atomic mass is 32.1. The van der Waals surface area contributed by atoms with Gasteiger partial charge in [0.2, 0.25) is 0 Å². The van der Waals surface area contributed by atoms with Crippen molar-refractivity contribution < 1.29 is 4.74 Å². The Morgan fingerprint density at radius 2 is 1.96 bits per heavy atom. The fraction of sp³-hybridized carbons (Fsp3) is 0.333. The number of methoxy groups -OCH3 is 1. The van der Waals surface area contributed by atoms with Crippen molar-refractivity contribution in [3.63, 3.8) is 0 Å². The predicted octanol–water partition coefficient (Wildman–Crippen LogP) is 4.23. The van der Waals surface area contributed by atoms with Gasteiger partial charge < -0.3 is 10.1 Å². The van der Waals surface area contributed by atoms with Crippen LogP contribution in [0.3, 0.4) is 0 Å². The first kappa shape index (κ1) is 15.7. The third-order valence-electron chi connectivity index (χ3n) is 3.74. The fourth-order valence-corrected chi connectivity index (χ4v) is 3.39. The molecule has 0 unspecified atom stereocenters. The van der Waals surface area contributed by atoms with Crippen molar-refractivity contribution in [1.29, 1.82) is 0 Å². The van der Waals surface area contributed by atoms with Gasteiger partial charge in [-0.05, 0) is 37.1 Å². The summed E-state index contributed by atoms with van der Waals surface area (Å²) in [5.74, 6) is 2.73. The molecule has 0 atom stereocenters. The summed E-state index contributed by atoms with van der Waals surface area (Å²) < 4.78 is 5.19. The number of thiophene rings is 1. The van der Waals surface area contributed by atoms with Gasteiger partial charge in [0.1, 0.15) is 22.2 Å². The van der Waals surface area contributed by atoms with E-state index in [2.05, 4.69) is 47.3 Å². The first-order chi connectivity index (χ1) is 11.2. The Morgan fingerprint density at radius 3 is 2.65 bits per heavy atom. The zero-order valence-corrected chi connectivity index (χ0v) is 14.5. The molecule has 0 radical (unpaired) electrons. The molecule has 0 aliphatic rings. The maximum absolute atomic E-state index is 5.19. The second kappa shape index (κ2) is 6.96. The van der Waals surface area contributed by atoms with Crippen molar-refractivity contribution in [2.75, 3.05) is 19.0 Å². The van der Waals surface area contributed by atoms with Gasteiger partial charge in [0, 0.05) is 17.8 Å². The number of aromatic nitrogens is 2. The standard InChI is InChI=1S/C18H21N3OS/c1-4-16-20-17(15-11-12(2)23-18(15)21-16)19-10-9-13-5-7-14(22-3)8-6-13/h5-8,11H,4,9-10H2,1-3H3,(H,19,20,21). The van der Waals surface area contributed by atoms with Crippen LogP contribution in [0.4, 0.5) is 5.82 Å². The van der Waals surface area contributed by atoms with E-state index in [1.807, 2.05) is 12.1 Å². The first-order valence-electron chi connectivity index (χ1n) is 7.83. The molecule has 2 heterocycles. The van der Waals surface area contributed by atoms with Crippen LogP contribution in [0.5, 0.6) is 5.75 Å². The number of rotatable bonds is 6. The summed E-state index contributed by atoms with van der Waals surface area (Å²) >= 11 is 1.72. The van der Waals surface area contributed by atoms with Crippen molar-refractivity contribution in [2.45, 2.75) is 26.7 Å². The minimum atomic E-state index is 0.844. The van der Waals surface area contributed by atoms with Crippen molar-refractivity contribution >= 4 is 27.4 Å². The van der Waals surface area contributed by atoms with Crippen molar-refractivity contribution in [3.8, 4) is 5.75 Å². The Morgan fingerprint density at radius 1 is 1.17 bits per heavy atom. The summed E-state index contributed by atoms with van der Waals surface area (Å²) in [5, 5.41) is 4.60. The van der Waals surface area contributed by atoms with Gasteiger partial charge in [-0.25, -0.2) is 9.97 Å². The van der Waals surface area contributed by atoms with Crippen LogP contribution in [0.2, 0.25) is 0 Å². The van der Waals surface area contributed by atoms with E-state index in [1.54, 1.807) is 18.4 Å². The van der Waals surface area contributed by atoms with Crippen LogP contribution >= 0.6 is 11.3 Å². The van der Waals surface area contributed by atoms with Crippen LogP contribution < -0.4 is 10.1 Å². The number of aryl methyl sites for hydroxylation is 2. The van der Waals surface area contributed by atoms with Gasteiger partial charge in [-0.2, -0.15) is 0 Å². The molecule has 120 valence electrons. The van der Waals surface area contributed by atoms with Gasteiger partial charge in [0.05, 0.1) is 12.5 Å². The van der Waals surface area contributed by atoms with E-state index >= 15 is 0 Å². The van der Waals surface area contributed by atoms with Crippen LogP contribution in [0.15, 0.2) is 30.3 Å². The van der Waals surface area contributed by atoms with Gasteiger partial charge in [-0.15, -0.1) is 11.3 Å². The van der Waals surface area contributed by atoms with E-state index in [1.165, 1.54) is 10.4 Å². The highest BCUT2D eigenvalue weighted by Crippen LogP contribution is 2.28. The lowest BCUT2D eigenvalue weighted by Crippen LogP contribution is -2.08. The molecule has 5 heteroatoms. The summed E-state index contributed by atoms with van der Waals surface area (Å²) in [6.45, 7) is 5.04. The maximum atomic E-state index is 5.19. The molecule has 0 saturated carbocycles. The molecule has 0 saturated heterocycles. The van der Waals surface area contributed by atoms with E-state index in [4.69, 9.17) is 4.74 Å². The Hall–Kier alpha value is -2.14. The number of hydrogen-bond donors (Lipinski definition) is 1. The molecule has 23 heavy (non-hydrogen) atoms. The summed E-state index contributed by atoms with van der Waals surface area (Å²) in [7, 11) is 1.69. The van der Waals surface area contributed by atoms with Crippen LogP contribution in [0, 0.1) is 6.92 Å². The van der Waals surface area contributed by atoms with Crippen molar-refractivity contribution in [3.05, 3.63) is 46.6 Å². The molecule has 0 fully saturated rings. The molecule has 0 bridgehead atoms. The normalized spacial score (nSPS) is 10.9. The second-order valence-electron chi connectivity index (χ2n) is 5.44. The first-order valence-corrected chi connectivity index (χ1v) is 8.65. The number of fused-ring (bicyclic) bond motifs is 1. The quantitative estimate of drug-likeness (QED) is 0.736. The Bertz CT molecular complexity index is 796. The maximum Gasteiger partial charge on any atom is 0.138 e. The second-order valence-corrected chi connectivity index (χ2v) is 6.68. The van der Waals surface area contributed by atoms with Crippen LogP contribution in [-0.4, -0.2) is 23.6 Å². The number of benzene rings is 1. The predicted molar refractivity (Wildman–Crippen MR) is 96.7 cm³/mol. The zero-order valence-electron chi connectivity index (χ0n) is 13.7. The van der Waals surface area contributed by atoms with Crippen molar-refractivity contribution in [1.82, 2.24) is 9.97 Å². The molecule has 3 aromatic rings. The largest absolute Gasteiger partial charge is 0.497 e. The topological polar surface area (TPSA) is 47.0 Å². The molecular weight excluding hydrogens is 306 g/mol. The molecule has 0 amide bonds. The summed E-state index contributed by atoms with van der Waals surface area (Å²) in [6, 6.07) is 10.4. The van der Waals surface area contributed by atoms with E-state index in [0.29, 0.717) is 0 Å². The van der Waals surface area contributed by atoms with Gasteiger partial charge in [0.15, 0.2) is 0 Å². The van der Waals surface area contributed by atoms with Gasteiger partial charge in [0.25, 0.3) is 0 Å². The smallest absolute Gasteiger partial charge is 0.138 e. The molecule has 1 N–H and O–H groups in total. The SMILES string of the molecule is CCc1nc(NCCc2ccc(OC)cc2)c2cc(C)sc2n1. The van der Waals surface area contributed by atoms with E-state index < -0.39 is 0 Å². The number of hydrogen-bond acceptors (Lipinski definition) is 5. The van der Waals surface area contributed by atoms with Crippen LogP contribution in [-0.2, 0) is 12.8 Å². The number of nitrogens with zero attached hydrogens (tertiary/aromatic N) is 2. The lowest BCUT2D eigenvalue weighted by Gasteiger charge is -2.09. The monoisotopic (exact) mass is 327 g/mol. The van der Waals surface area contributed by atoms with Gasteiger partial charge in [-0.3, -0.25) is 0 Å². The number of ether oxygens (including phenoxy) is 1. The fourth-order valence-electron chi connectivity index (χ4n) is 2.50. The zero-order chi connectivity index (χ0) is 16.2. The Kier molecular flexibility index (Phi) is 4.76. The van der Waals surface area contributed by atoms with Gasteiger partial charge in [-0.1, -0.05) is 19.1 Å². The number of nitrogens with one attached hydrogen (secondary N) is 1. The van der Waals surface area contributed by atoms with Crippen LogP contribution in [0.1, 0.15) is 23.2 Å². The Balaban J connectivity index is 1.73. The third-order valence-corrected chi connectivity index (χ3v) is 4.69. The van der Waals surface area contributed by atoms with Crippen molar-refractivity contribution in [2.24, 2.45) is 0 Å². The van der Waals surface area contributed by atoms with E-state index in [9.17, 15) is 0 Å². The third kappa shape index (κ3) is 3.62. The molecule has 1 aromatic carbocycles. The highest BCUT2D eigenvalue weighted by Gasteiger charge is 2.09. The van der Waals surface area contributed by atoms with E-state index in [0.717, 1.165) is 47.0 Å². The van der Waals surface area contributed by atoms with E-state index in [-0.39, 0.29) is 0 Å². The summed E-state index contributed by atoms with van der Waals surface area (Å²) in [5.41, 5.74) is 1.28.